The summed E-state index contributed by atoms with van der Waals surface area (Å²) >= 11 is 0. The number of aryl methyl sites for hydroxylation is 4. The first kappa shape index (κ1) is 23.0. The number of nitrogens with one attached hydrogen (secondary N) is 2. The third-order valence-corrected chi connectivity index (χ3v) is 5.07. The van der Waals surface area contributed by atoms with E-state index in [0.717, 1.165) is 47.7 Å². The zero-order valence-electron chi connectivity index (χ0n) is 16.5. The lowest BCUT2D eigenvalue weighted by Crippen LogP contribution is -2.24. The third kappa shape index (κ3) is 4.66. The van der Waals surface area contributed by atoms with Crippen LogP contribution in [0.3, 0.4) is 0 Å². The minimum absolute atomic E-state index is 0. The number of nitrogens with zero attached hydrogens (tertiary/aromatic N) is 4. The van der Waals surface area contributed by atoms with Crippen LogP contribution < -0.4 is 11.0 Å². The van der Waals surface area contributed by atoms with E-state index in [-0.39, 0.29) is 30.5 Å². The van der Waals surface area contributed by atoms with Crippen LogP contribution in [0.5, 0.6) is 0 Å². The van der Waals surface area contributed by atoms with Gasteiger partial charge in [-0.3, -0.25) is 4.98 Å². The molecule has 0 amide bonds. The van der Waals surface area contributed by atoms with Gasteiger partial charge in [0.25, 0.3) is 0 Å². The van der Waals surface area contributed by atoms with Crippen molar-refractivity contribution in [3.8, 4) is 11.4 Å². The van der Waals surface area contributed by atoms with E-state index in [4.69, 9.17) is 4.52 Å². The highest BCUT2D eigenvalue weighted by Crippen LogP contribution is 2.28. The Morgan fingerprint density at radius 1 is 1.10 bits per heavy atom. The first-order valence-corrected chi connectivity index (χ1v) is 9.10. The van der Waals surface area contributed by atoms with Crippen molar-refractivity contribution in [2.24, 2.45) is 0 Å². The molecule has 0 atom stereocenters. The van der Waals surface area contributed by atoms with Crippen molar-refractivity contribution in [1.29, 1.82) is 0 Å². The predicted octanol–water partition coefficient (Wildman–Crippen LogP) is 2.41. The zero-order chi connectivity index (χ0) is 19.0. The molecule has 156 valence electrons. The molecule has 0 spiro atoms. The van der Waals surface area contributed by atoms with Crippen LogP contribution in [-0.2, 0) is 25.8 Å². The zero-order valence-corrected chi connectivity index (χ0v) is 18.2. The molecule has 3 aromatic rings. The summed E-state index contributed by atoms with van der Waals surface area (Å²) in [6, 6.07) is 0. The number of fused-ring (bicyclic) bond motifs is 1. The normalized spacial score (nSPS) is 12.7. The van der Waals surface area contributed by atoms with E-state index in [1.807, 2.05) is 27.0 Å². The average Bonchev–Trinajstić information content (AvgIpc) is 3.09. The van der Waals surface area contributed by atoms with Gasteiger partial charge in [0.1, 0.15) is 0 Å². The average molecular weight is 439 g/mol. The van der Waals surface area contributed by atoms with Crippen molar-refractivity contribution in [1.82, 2.24) is 30.4 Å². The number of pyridine rings is 1. The molecule has 2 N–H and O–H groups in total. The molecule has 0 fully saturated rings. The molecule has 0 saturated carbocycles. The lowest BCUT2D eigenvalue weighted by Gasteiger charge is -2.19. The number of rotatable bonds is 4. The summed E-state index contributed by atoms with van der Waals surface area (Å²) in [5, 5.41) is 7.57. The fourth-order valence-corrected chi connectivity index (χ4v) is 3.68. The second-order valence-electron chi connectivity index (χ2n) is 6.89. The van der Waals surface area contributed by atoms with Gasteiger partial charge in [-0.05, 0) is 56.8 Å². The number of hydrogen-bond donors (Lipinski definition) is 2. The molecule has 4 rings (SSSR count). The van der Waals surface area contributed by atoms with E-state index in [0.29, 0.717) is 24.6 Å². The first-order valence-electron chi connectivity index (χ1n) is 9.10. The molecule has 29 heavy (non-hydrogen) atoms. The Bertz CT molecular complexity index is 1040. The SMILES string of the molecule is Cc1nc(=O)[nH]c(C)c1CCc1nc(-c2c(C)ncc3c2CCNC3)no1.Cl.Cl. The van der Waals surface area contributed by atoms with Crippen LogP contribution in [0, 0.1) is 20.8 Å². The molecule has 0 saturated heterocycles. The Morgan fingerprint density at radius 3 is 2.66 bits per heavy atom. The molecular formula is C19H24Cl2N6O2. The van der Waals surface area contributed by atoms with Crippen molar-refractivity contribution in [2.45, 2.75) is 46.6 Å². The summed E-state index contributed by atoms with van der Waals surface area (Å²) in [5.41, 5.74) is 6.61. The van der Waals surface area contributed by atoms with Gasteiger partial charge in [-0.2, -0.15) is 9.97 Å². The maximum Gasteiger partial charge on any atom is 0.345 e. The highest BCUT2D eigenvalue weighted by atomic mass is 35.5. The van der Waals surface area contributed by atoms with Gasteiger partial charge in [0.05, 0.1) is 0 Å². The van der Waals surface area contributed by atoms with Gasteiger partial charge in [-0.25, -0.2) is 4.79 Å². The largest absolute Gasteiger partial charge is 0.345 e. The highest BCUT2D eigenvalue weighted by Gasteiger charge is 2.21. The molecule has 1 aliphatic rings. The standard InChI is InChI=1S/C19H22N6O2.2ClH/c1-10-14(11(2)23-19(26)22-10)4-5-16-24-18(25-27-16)17-12(3)21-9-13-8-20-7-6-15(13)17;;/h9,20H,4-8H2,1-3H3,(H,22,23,26);2*1H. The van der Waals surface area contributed by atoms with Crippen molar-refractivity contribution >= 4 is 24.8 Å². The van der Waals surface area contributed by atoms with Gasteiger partial charge in [0.15, 0.2) is 0 Å². The lowest BCUT2D eigenvalue weighted by atomic mass is 9.95. The third-order valence-electron chi connectivity index (χ3n) is 5.07. The Kier molecular flexibility index (Phi) is 7.51. The molecule has 0 aliphatic carbocycles. The Labute approximate surface area is 180 Å². The van der Waals surface area contributed by atoms with E-state index in [1.165, 1.54) is 11.1 Å². The van der Waals surface area contributed by atoms with Crippen molar-refractivity contribution in [3.63, 3.8) is 0 Å². The number of aromatic nitrogens is 5. The monoisotopic (exact) mass is 438 g/mol. The molecule has 0 radical (unpaired) electrons. The predicted molar refractivity (Wildman–Crippen MR) is 114 cm³/mol. The van der Waals surface area contributed by atoms with Crippen molar-refractivity contribution in [2.75, 3.05) is 6.54 Å². The van der Waals surface area contributed by atoms with Crippen LogP contribution >= 0.6 is 24.8 Å². The van der Waals surface area contributed by atoms with Crippen molar-refractivity contribution in [3.05, 3.63) is 56.3 Å². The first-order chi connectivity index (χ1) is 13.0. The summed E-state index contributed by atoms with van der Waals surface area (Å²) in [7, 11) is 0. The summed E-state index contributed by atoms with van der Waals surface area (Å²) in [6.45, 7) is 7.45. The van der Waals surface area contributed by atoms with E-state index >= 15 is 0 Å². The van der Waals surface area contributed by atoms with Gasteiger partial charge in [-0.15, -0.1) is 24.8 Å². The number of H-pyrrole nitrogens is 1. The molecule has 8 nitrogen and oxygen atoms in total. The summed E-state index contributed by atoms with van der Waals surface area (Å²) in [6.07, 6.45) is 4.12. The number of aromatic amines is 1. The molecule has 1 aliphatic heterocycles. The molecule has 3 aromatic heterocycles. The Morgan fingerprint density at radius 2 is 1.90 bits per heavy atom. The van der Waals surface area contributed by atoms with Gasteiger partial charge in [0.2, 0.25) is 11.7 Å². The van der Waals surface area contributed by atoms with E-state index < -0.39 is 0 Å². The molecule has 10 heteroatoms. The fraction of sp³-hybridized carbons (Fsp3) is 0.421. The van der Waals surface area contributed by atoms with Gasteiger partial charge >= 0.3 is 5.69 Å². The maximum absolute atomic E-state index is 11.4. The second kappa shape index (κ2) is 9.47. The van der Waals surface area contributed by atoms with E-state index in [1.54, 1.807) is 0 Å². The van der Waals surface area contributed by atoms with Crippen LogP contribution in [0.25, 0.3) is 11.4 Å². The molecule has 0 bridgehead atoms. The number of halogens is 2. The van der Waals surface area contributed by atoms with E-state index in [9.17, 15) is 4.79 Å². The quantitative estimate of drug-likeness (QED) is 0.643. The minimum Gasteiger partial charge on any atom is -0.339 e. The minimum atomic E-state index is -0.319. The number of hydrogen-bond acceptors (Lipinski definition) is 7. The van der Waals surface area contributed by atoms with Crippen LogP contribution in [0.2, 0.25) is 0 Å². The molecule has 4 heterocycles. The smallest absolute Gasteiger partial charge is 0.339 e. The van der Waals surface area contributed by atoms with Gasteiger partial charge in [0, 0.05) is 41.8 Å². The van der Waals surface area contributed by atoms with Crippen LogP contribution in [-0.4, -0.2) is 31.6 Å². The van der Waals surface area contributed by atoms with Crippen molar-refractivity contribution < 1.29 is 4.52 Å². The second-order valence-corrected chi connectivity index (χ2v) is 6.89. The van der Waals surface area contributed by atoms with Crippen LogP contribution in [0.1, 0.15) is 39.7 Å². The topological polar surface area (TPSA) is 110 Å². The Hall–Kier alpha value is -2.29. The summed E-state index contributed by atoms with van der Waals surface area (Å²) in [4.78, 5) is 27.2. The van der Waals surface area contributed by atoms with Gasteiger partial charge < -0.3 is 14.8 Å². The van der Waals surface area contributed by atoms with E-state index in [2.05, 4.69) is 30.4 Å². The van der Waals surface area contributed by atoms with Crippen LogP contribution in [0.15, 0.2) is 15.5 Å². The highest BCUT2D eigenvalue weighted by molar-refractivity contribution is 5.85. The summed E-state index contributed by atoms with van der Waals surface area (Å²) < 4.78 is 5.49. The van der Waals surface area contributed by atoms with Gasteiger partial charge in [-0.1, -0.05) is 5.16 Å². The summed E-state index contributed by atoms with van der Waals surface area (Å²) in [5.74, 6) is 1.17. The molecule has 0 aromatic carbocycles. The molecule has 0 unspecified atom stereocenters. The Balaban J connectivity index is 0.00000150. The lowest BCUT2D eigenvalue weighted by molar-refractivity contribution is 0.378. The molecular weight excluding hydrogens is 415 g/mol. The van der Waals surface area contributed by atoms with Crippen LogP contribution in [0.4, 0.5) is 0 Å². The fourth-order valence-electron chi connectivity index (χ4n) is 3.68. The maximum atomic E-state index is 11.4.